The molecular formula is C16H25NO3S. The highest BCUT2D eigenvalue weighted by molar-refractivity contribution is 7.84. The smallest absolute Gasteiger partial charge is 0.284 e. The highest BCUT2D eigenvalue weighted by Crippen LogP contribution is 2.33. The summed E-state index contributed by atoms with van der Waals surface area (Å²) in [5, 5.41) is 0.410. The zero-order valence-electron chi connectivity index (χ0n) is 12.9. The molecule has 0 spiro atoms. The van der Waals surface area contributed by atoms with E-state index >= 15 is 0 Å². The SMILES string of the molecule is CCCCCC(C)c1cc(S(=O)CC2CC2)oc1C(N)=O. The fourth-order valence-corrected chi connectivity index (χ4v) is 3.85. The molecule has 1 aromatic heterocycles. The van der Waals surface area contributed by atoms with Crippen LogP contribution in [0.3, 0.4) is 0 Å². The second-order valence-electron chi connectivity index (χ2n) is 6.07. The van der Waals surface area contributed by atoms with Crippen LogP contribution in [0.25, 0.3) is 0 Å². The van der Waals surface area contributed by atoms with Gasteiger partial charge in [0.1, 0.15) is 0 Å². The number of amides is 1. The van der Waals surface area contributed by atoms with Gasteiger partial charge < -0.3 is 10.2 Å². The van der Waals surface area contributed by atoms with Gasteiger partial charge in [0, 0.05) is 11.3 Å². The summed E-state index contributed by atoms with van der Waals surface area (Å²) in [6.45, 7) is 4.23. The Hall–Kier alpha value is -1.10. The molecule has 1 aliphatic rings. The van der Waals surface area contributed by atoms with Crippen molar-refractivity contribution in [2.75, 3.05) is 5.75 Å². The summed E-state index contributed by atoms with van der Waals surface area (Å²) in [5.74, 6) is 1.02. The van der Waals surface area contributed by atoms with Crippen LogP contribution in [0.15, 0.2) is 15.6 Å². The predicted octanol–water partition coefficient (Wildman–Crippen LogP) is 3.58. The topological polar surface area (TPSA) is 73.3 Å². The zero-order valence-corrected chi connectivity index (χ0v) is 13.7. The van der Waals surface area contributed by atoms with Crippen molar-refractivity contribution < 1.29 is 13.4 Å². The van der Waals surface area contributed by atoms with Crippen molar-refractivity contribution in [3.8, 4) is 0 Å². The quantitative estimate of drug-likeness (QED) is 0.708. The molecule has 2 rings (SSSR count). The molecule has 21 heavy (non-hydrogen) atoms. The highest BCUT2D eigenvalue weighted by Gasteiger charge is 2.28. The minimum Gasteiger partial charge on any atom is -0.442 e. The number of nitrogens with two attached hydrogens (primary N) is 1. The first-order chi connectivity index (χ1) is 10.0. The lowest BCUT2D eigenvalue weighted by Gasteiger charge is -2.09. The van der Waals surface area contributed by atoms with E-state index in [-0.39, 0.29) is 11.7 Å². The summed E-state index contributed by atoms with van der Waals surface area (Å²) in [6, 6.07) is 1.79. The fourth-order valence-electron chi connectivity index (χ4n) is 2.49. The third kappa shape index (κ3) is 4.43. The molecular weight excluding hydrogens is 286 g/mol. The summed E-state index contributed by atoms with van der Waals surface area (Å²) in [7, 11) is -1.16. The molecule has 4 nitrogen and oxygen atoms in total. The first-order valence-corrected chi connectivity index (χ1v) is 9.16. The molecule has 0 bridgehead atoms. The van der Waals surface area contributed by atoms with Crippen LogP contribution in [-0.2, 0) is 10.8 Å². The summed E-state index contributed by atoms with van der Waals surface area (Å²) in [4.78, 5) is 11.6. The Kier molecular flexibility index (Phi) is 5.62. The van der Waals surface area contributed by atoms with E-state index in [0.717, 1.165) is 37.7 Å². The van der Waals surface area contributed by atoms with Crippen molar-refractivity contribution in [3.63, 3.8) is 0 Å². The second-order valence-corrected chi connectivity index (χ2v) is 7.49. The maximum absolute atomic E-state index is 12.2. The van der Waals surface area contributed by atoms with Crippen molar-refractivity contribution in [1.29, 1.82) is 0 Å². The van der Waals surface area contributed by atoms with E-state index in [1.807, 2.05) is 0 Å². The highest BCUT2D eigenvalue weighted by atomic mass is 32.2. The molecule has 2 N–H and O–H groups in total. The van der Waals surface area contributed by atoms with Crippen LogP contribution >= 0.6 is 0 Å². The molecule has 1 aliphatic carbocycles. The van der Waals surface area contributed by atoms with Crippen LogP contribution in [0.2, 0.25) is 0 Å². The van der Waals surface area contributed by atoms with Crippen LogP contribution in [-0.4, -0.2) is 15.9 Å². The molecule has 5 heteroatoms. The predicted molar refractivity (Wildman–Crippen MR) is 83.8 cm³/mol. The minimum absolute atomic E-state index is 0.193. The number of primary amides is 1. The lowest BCUT2D eigenvalue weighted by atomic mass is 9.95. The molecule has 118 valence electrons. The van der Waals surface area contributed by atoms with Gasteiger partial charge >= 0.3 is 0 Å². The molecule has 0 aromatic carbocycles. The lowest BCUT2D eigenvalue weighted by molar-refractivity contribution is 0.0967. The van der Waals surface area contributed by atoms with Crippen molar-refractivity contribution in [2.45, 2.75) is 63.4 Å². The van der Waals surface area contributed by atoms with Crippen molar-refractivity contribution in [2.24, 2.45) is 11.7 Å². The van der Waals surface area contributed by atoms with Crippen LogP contribution < -0.4 is 5.73 Å². The second kappa shape index (κ2) is 7.25. The maximum Gasteiger partial charge on any atom is 0.284 e. The van der Waals surface area contributed by atoms with Crippen molar-refractivity contribution in [3.05, 3.63) is 17.4 Å². The number of hydrogen-bond acceptors (Lipinski definition) is 3. The van der Waals surface area contributed by atoms with Gasteiger partial charge in [-0.2, -0.15) is 0 Å². The van der Waals surface area contributed by atoms with Crippen LogP contribution in [0.5, 0.6) is 0 Å². The number of rotatable bonds is 9. The number of unbranched alkanes of at least 4 members (excludes halogenated alkanes) is 2. The lowest BCUT2D eigenvalue weighted by Crippen LogP contribution is -2.13. The van der Waals surface area contributed by atoms with Crippen LogP contribution in [0, 0.1) is 5.92 Å². The van der Waals surface area contributed by atoms with E-state index in [4.69, 9.17) is 10.2 Å². The Morgan fingerprint density at radius 3 is 2.76 bits per heavy atom. The van der Waals surface area contributed by atoms with E-state index in [9.17, 15) is 9.00 Å². The first-order valence-electron chi connectivity index (χ1n) is 7.84. The van der Waals surface area contributed by atoms with E-state index in [1.165, 1.54) is 6.42 Å². The van der Waals surface area contributed by atoms with Gasteiger partial charge in [-0.15, -0.1) is 0 Å². The Bertz CT molecular complexity index is 520. The van der Waals surface area contributed by atoms with Gasteiger partial charge in [0.15, 0.2) is 10.9 Å². The average Bonchev–Trinajstić information content (AvgIpc) is 3.13. The van der Waals surface area contributed by atoms with Gasteiger partial charge in [-0.05, 0) is 37.2 Å². The van der Waals surface area contributed by atoms with Crippen molar-refractivity contribution in [1.82, 2.24) is 0 Å². The van der Waals surface area contributed by atoms with E-state index < -0.39 is 16.7 Å². The molecule has 1 heterocycles. The largest absolute Gasteiger partial charge is 0.442 e. The standard InChI is InChI=1S/C16H25NO3S/c1-3-4-5-6-11(2)13-9-14(20-15(13)16(17)18)21(19)10-12-7-8-12/h9,11-12H,3-8,10H2,1-2H3,(H2,17,18). The van der Waals surface area contributed by atoms with Gasteiger partial charge in [0.2, 0.25) is 0 Å². The van der Waals surface area contributed by atoms with Crippen LogP contribution in [0.1, 0.15) is 74.4 Å². The van der Waals surface area contributed by atoms with Gasteiger partial charge in [-0.3, -0.25) is 9.00 Å². The van der Waals surface area contributed by atoms with Gasteiger partial charge in [0.05, 0.1) is 10.8 Å². The number of furan rings is 1. The third-order valence-corrected chi connectivity index (χ3v) is 5.47. The third-order valence-electron chi connectivity index (χ3n) is 4.04. The summed E-state index contributed by atoms with van der Waals surface area (Å²) in [6.07, 6.45) is 6.74. The average molecular weight is 311 g/mol. The Labute approximate surface area is 128 Å². The number of carbonyl (C=O) groups is 1. The van der Waals surface area contributed by atoms with E-state index in [0.29, 0.717) is 16.8 Å². The molecule has 2 atom stereocenters. The van der Waals surface area contributed by atoms with Gasteiger partial charge in [-0.25, -0.2) is 0 Å². The summed E-state index contributed by atoms with van der Waals surface area (Å²) >= 11 is 0. The van der Waals surface area contributed by atoms with Gasteiger partial charge in [0.25, 0.3) is 5.91 Å². The Balaban J connectivity index is 2.12. The molecule has 1 saturated carbocycles. The zero-order chi connectivity index (χ0) is 15.4. The normalized spacial score (nSPS) is 17.6. The molecule has 2 unspecified atom stereocenters. The van der Waals surface area contributed by atoms with Gasteiger partial charge in [-0.1, -0.05) is 33.1 Å². The molecule has 0 saturated heterocycles. The molecule has 1 amide bonds. The molecule has 0 aliphatic heterocycles. The molecule has 0 radical (unpaired) electrons. The Morgan fingerprint density at radius 2 is 2.19 bits per heavy atom. The maximum atomic E-state index is 12.2. The molecule has 1 aromatic rings. The fraction of sp³-hybridized carbons (Fsp3) is 0.688. The van der Waals surface area contributed by atoms with Crippen molar-refractivity contribution >= 4 is 16.7 Å². The number of carbonyl (C=O) groups excluding carboxylic acids is 1. The monoisotopic (exact) mass is 311 g/mol. The Morgan fingerprint density at radius 1 is 1.48 bits per heavy atom. The van der Waals surface area contributed by atoms with E-state index in [1.54, 1.807) is 6.07 Å². The van der Waals surface area contributed by atoms with Crippen LogP contribution in [0.4, 0.5) is 0 Å². The number of hydrogen-bond donors (Lipinski definition) is 1. The first kappa shape index (κ1) is 16.3. The minimum atomic E-state index is -1.16. The molecule has 1 fully saturated rings. The summed E-state index contributed by atoms with van der Waals surface area (Å²) in [5.41, 5.74) is 6.22. The summed E-state index contributed by atoms with van der Waals surface area (Å²) < 4.78 is 17.8. The van der Waals surface area contributed by atoms with E-state index in [2.05, 4.69) is 13.8 Å².